The lowest BCUT2D eigenvalue weighted by Crippen LogP contribution is -2.38. The zero-order chi connectivity index (χ0) is 18.0. The molecule has 1 aliphatic rings. The van der Waals surface area contributed by atoms with Gasteiger partial charge in [-0.25, -0.2) is 4.68 Å². The number of amides is 1. The fraction of sp³-hybridized carbons (Fsp3) is 0.474. The second-order valence-corrected chi connectivity index (χ2v) is 7.50. The summed E-state index contributed by atoms with van der Waals surface area (Å²) in [5.74, 6) is 0.715. The van der Waals surface area contributed by atoms with Crippen LogP contribution in [-0.2, 0) is 5.54 Å². The zero-order valence-corrected chi connectivity index (χ0v) is 15.4. The van der Waals surface area contributed by atoms with E-state index in [1.54, 1.807) is 6.20 Å². The van der Waals surface area contributed by atoms with Crippen molar-refractivity contribution in [3.63, 3.8) is 0 Å². The number of carbonyl (C=O) groups is 1. The number of anilines is 1. The molecule has 3 rings (SSSR count). The first kappa shape index (κ1) is 17.5. The molecule has 0 aliphatic carbocycles. The maximum atomic E-state index is 12.6. The Labute approximate surface area is 149 Å². The minimum absolute atomic E-state index is 0.0832. The number of hydrogen-bond donors (Lipinski definition) is 2. The van der Waals surface area contributed by atoms with Crippen LogP contribution in [0.15, 0.2) is 36.5 Å². The molecule has 0 spiro atoms. The smallest absolute Gasteiger partial charge is 0.256 e. The summed E-state index contributed by atoms with van der Waals surface area (Å²) >= 11 is 0. The molecule has 2 N–H and O–H groups in total. The SMILES string of the molecule is CN(C)CCNC(=O)c1cnn2c1NC(c1ccccc1)CC2(C)C. The van der Waals surface area contributed by atoms with Gasteiger partial charge >= 0.3 is 0 Å². The van der Waals surface area contributed by atoms with Crippen molar-refractivity contribution < 1.29 is 4.79 Å². The van der Waals surface area contributed by atoms with Gasteiger partial charge in [0, 0.05) is 13.1 Å². The zero-order valence-electron chi connectivity index (χ0n) is 15.4. The van der Waals surface area contributed by atoms with Gasteiger partial charge < -0.3 is 15.5 Å². The lowest BCUT2D eigenvalue weighted by Gasteiger charge is -2.38. The predicted molar refractivity (Wildman–Crippen MR) is 99.9 cm³/mol. The number of rotatable bonds is 5. The minimum atomic E-state index is -0.163. The number of benzene rings is 1. The third kappa shape index (κ3) is 3.69. The van der Waals surface area contributed by atoms with Gasteiger partial charge in [-0.15, -0.1) is 0 Å². The predicted octanol–water partition coefficient (Wildman–Crippen LogP) is 2.47. The summed E-state index contributed by atoms with van der Waals surface area (Å²) in [5, 5.41) is 11.0. The summed E-state index contributed by atoms with van der Waals surface area (Å²) in [5.41, 5.74) is 1.66. The Balaban J connectivity index is 1.84. The fourth-order valence-electron chi connectivity index (χ4n) is 3.29. The molecule has 25 heavy (non-hydrogen) atoms. The average Bonchev–Trinajstić information content (AvgIpc) is 3.00. The van der Waals surface area contributed by atoms with Crippen LogP contribution < -0.4 is 10.6 Å². The van der Waals surface area contributed by atoms with E-state index in [0.717, 1.165) is 18.8 Å². The highest BCUT2D eigenvalue weighted by molar-refractivity contribution is 5.98. The molecule has 134 valence electrons. The number of fused-ring (bicyclic) bond motifs is 1. The van der Waals surface area contributed by atoms with E-state index in [4.69, 9.17) is 0 Å². The molecule has 0 bridgehead atoms. The van der Waals surface area contributed by atoms with Crippen LogP contribution in [0, 0.1) is 0 Å². The Bertz CT molecular complexity index is 736. The molecule has 1 aliphatic heterocycles. The minimum Gasteiger partial charge on any atom is -0.363 e. The highest BCUT2D eigenvalue weighted by Gasteiger charge is 2.36. The standard InChI is InChI=1S/C19H27N5O/c1-19(2)12-16(14-8-6-5-7-9-14)22-17-15(13-21-24(17)19)18(25)20-10-11-23(3)4/h5-9,13,16,22H,10-12H2,1-4H3,(H,20,25). The molecule has 2 heterocycles. The molecule has 1 aromatic heterocycles. The van der Waals surface area contributed by atoms with E-state index in [0.29, 0.717) is 12.1 Å². The third-order valence-corrected chi connectivity index (χ3v) is 4.65. The van der Waals surface area contributed by atoms with Crippen LogP contribution >= 0.6 is 0 Å². The second-order valence-electron chi connectivity index (χ2n) is 7.50. The van der Waals surface area contributed by atoms with Gasteiger partial charge in [-0.1, -0.05) is 30.3 Å². The van der Waals surface area contributed by atoms with Crippen LogP contribution in [-0.4, -0.2) is 47.8 Å². The summed E-state index contributed by atoms with van der Waals surface area (Å²) in [6, 6.07) is 10.5. The van der Waals surface area contributed by atoms with Gasteiger partial charge in [0.15, 0.2) is 0 Å². The number of likely N-dealkylation sites (N-methyl/N-ethyl adjacent to an activating group) is 1. The molecule has 1 unspecified atom stereocenters. The Morgan fingerprint density at radius 1 is 1.36 bits per heavy atom. The summed E-state index contributed by atoms with van der Waals surface area (Å²) in [7, 11) is 3.98. The Hall–Kier alpha value is -2.34. The molecule has 6 nitrogen and oxygen atoms in total. The average molecular weight is 341 g/mol. The van der Waals surface area contributed by atoms with Crippen molar-refractivity contribution in [3.8, 4) is 0 Å². The fourth-order valence-corrected chi connectivity index (χ4v) is 3.29. The van der Waals surface area contributed by atoms with Crippen molar-refractivity contribution in [1.29, 1.82) is 0 Å². The monoisotopic (exact) mass is 341 g/mol. The van der Waals surface area contributed by atoms with E-state index < -0.39 is 0 Å². The lowest BCUT2D eigenvalue weighted by molar-refractivity contribution is 0.0951. The molecule has 1 aromatic carbocycles. The second kappa shape index (κ2) is 6.88. The molecular formula is C19H27N5O. The molecule has 6 heteroatoms. The van der Waals surface area contributed by atoms with E-state index in [1.165, 1.54) is 5.56 Å². The summed E-state index contributed by atoms with van der Waals surface area (Å²) in [6.45, 7) is 5.74. The van der Waals surface area contributed by atoms with Crippen LogP contribution in [0.4, 0.5) is 5.82 Å². The summed E-state index contributed by atoms with van der Waals surface area (Å²) in [4.78, 5) is 14.6. The Kier molecular flexibility index (Phi) is 4.81. The van der Waals surface area contributed by atoms with Gasteiger partial charge in [0.05, 0.1) is 17.8 Å². The van der Waals surface area contributed by atoms with Crippen molar-refractivity contribution in [1.82, 2.24) is 20.0 Å². The first-order chi connectivity index (χ1) is 11.9. The van der Waals surface area contributed by atoms with E-state index in [9.17, 15) is 4.79 Å². The van der Waals surface area contributed by atoms with Crippen LogP contribution in [0.3, 0.4) is 0 Å². The maximum Gasteiger partial charge on any atom is 0.256 e. The van der Waals surface area contributed by atoms with Crippen LogP contribution in [0.5, 0.6) is 0 Å². The van der Waals surface area contributed by atoms with E-state index >= 15 is 0 Å². The van der Waals surface area contributed by atoms with Crippen LogP contribution in [0.2, 0.25) is 0 Å². The van der Waals surface area contributed by atoms with Gasteiger partial charge in [-0.05, 0) is 39.9 Å². The summed E-state index contributed by atoms with van der Waals surface area (Å²) in [6.07, 6.45) is 2.58. The van der Waals surface area contributed by atoms with E-state index in [1.807, 2.05) is 41.9 Å². The van der Waals surface area contributed by atoms with Crippen molar-refractivity contribution in [2.75, 3.05) is 32.5 Å². The van der Waals surface area contributed by atoms with Crippen LogP contribution in [0.25, 0.3) is 0 Å². The van der Waals surface area contributed by atoms with Crippen molar-refractivity contribution in [2.45, 2.75) is 31.8 Å². The number of carbonyl (C=O) groups excluding carboxylic acids is 1. The molecule has 1 atom stereocenters. The molecule has 1 amide bonds. The third-order valence-electron chi connectivity index (χ3n) is 4.65. The lowest BCUT2D eigenvalue weighted by atomic mass is 9.89. The highest BCUT2D eigenvalue weighted by Crippen LogP contribution is 2.39. The van der Waals surface area contributed by atoms with Gasteiger partial charge in [-0.3, -0.25) is 4.79 Å². The molecule has 0 fully saturated rings. The molecule has 0 saturated heterocycles. The van der Waals surface area contributed by atoms with Gasteiger partial charge in [0.1, 0.15) is 11.4 Å². The van der Waals surface area contributed by atoms with Crippen LogP contribution in [0.1, 0.15) is 42.2 Å². The Morgan fingerprint density at radius 3 is 2.76 bits per heavy atom. The van der Waals surface area contributed by atoms with Crippen molar-refractivity contribution >= 4 is 11.7 Å². The topological polar surface area (TPSA) is 62.2 Å². The van der Waals surface area contributed by atoms with E-state index in [-0.39, 0.29) is 17.5 Å². The van der Waals surface area contributed by atoms with Gasteiger partial charge in [0.2, 0.25) is 0 Å². The highest BCUT2D eigenvalue weighted by atomic mass is 16.1. The number of hydrogen-bond acceptors (Lipinski definition) is 4. The first-order valence-corrected chi connectivity index (χ1v) is 8.71. The van der Waals surface area contributed by atoms with E-state index in [2.05, 4.69) is 41.7 Å². The molecule has 2 aromatic rings. The van der Waals surface area contributed by atoms with Crippen molar-refractivity contribution in [2.24, 2.45) is 0 Å². The quantitative estimate of drug-likeness (QED) is 0.877. The maximum absolute atomic E-state index is 12.6. The Morgan fingerprint density at radius 2 is 2.08 bits per heavy atom. The number of nitrogens with zero attached hydrogens (tertiary/aromatic N) is 3. The molecule has 0 saturated carbocycles. The molecular weight excluding hydrogens is 314 g/mol. The first-order valence-electron chi connectivity index (χ1n) is 8.71. The molecule has 0 radical (unpaired) electrons. The normalized spacial score (nSPS) is 18.5. The number of aromatic nitrogens is 2. The largest absolute Gasteiger partial charge is 0.363 e. The van der Waals surface area contributed by atoms with Crippen molar-refractivity contribution in [3.05, 3.63) is 47.7 Å². The number of nitrogens with one attached hydrogen (secondary N) is 2. The van der Waals surface area contributed by atoms with Gasteiger partial charge in [0.25, 0.3) is 5.91 Å². The summed E-state index contributed by atoms with van der Waals surface area (Å²) < 4.78 is 1.94. The van der Waals surface area contributed by atoms with Gasteiger partial charge in [-0.2, -0.15) is 5.10 Å².